The fraction of sp³-hybridized carbons (Fsp3) is 0.611. The number of hydrogen-bond donors (Lipinski definition) is 1. The summed E-state index contributed by atoms with van der Waals surface area (Å²) in [7, 11) is -3.43. The van der Waals surface area contributed by atoms with Crippen LogP contribution in [-0.2, 0) is 14.8 Å². The molecule has 152 valence electrons. The molecule has 0 saturated carbocycles. The highest BCUT2D eigenvalue weighted by atomic mass is 35.5. The lowest BCUT2D eigenvalue weighted by atomic mass is 10.2. The van der Waals surface area contributed by atoms with Gasteiger partial charge in [-0.3, -0.25) is 4.79 Å². The van der Waals surface area contributed by atoms with Crippen LogP contribution in [0.3, 0.4) is 0 Å². The van der Waals surface area contributed by atoms with Crippen LogP contribution in [0.1, 0.15) is 12.0 Å². The molecule has 0 spiro atoms. The number of carbonyl (C=O) groups is 1. The van der Waals surface area contributed by atoms with Crippen molar-refractivity contribution in [2.75, 3.05) is 58.9 Å². The number of rotatable bonds is 5. The lowest BCUT2D eigenvalue weighted by molar-refractivity contribution is -0.132. The second kappa shape index (κ2) is 9.84. The molecule has 1 aromatic carbocycles. The smallest absolute Gasteiger partial charge is 0.243 e. The third kappa shape index (κ3) is 5.65. The molecule has 0 atom stereocenters. The predicted molar refractivity (Wildman–Crippen MR) is 108 cm³/mol. The molecule has 1 amide bonds. The van der Waals surface area contributed by atoms with Crippen LogP contribution in [0.5, 0.6) is 0 Å². The first-order valence-electron chi connectivity index (χ1n) is 9.24. The first-order chi connectivity index (χ1) is 12.5. The summed E-state index contributed by atoms with van der Waals surface area (Å²) >= 11 is 0. The normalized spacial score (nSPS) is 19.5. The Morgan fingerprint density at radius 1 is 1.00 bits per heavy atom. The lowest BCUT2D eigenvalue weighted by Gasteiger charge is -2.34. The third-order valence-corrected chi connectivity index (χ3v) is 7.01. The molecule has 2 aliphatic rings. The van der Waals surface area contributed by atoms with Crippen molar-refractivity contribution < 1.29 is 13.2 Å². The van der Waals surface area contributed by atoms with Crippen molar-refractivity contribution in [3.05, 3.63) is 29.8 Å². The van der Waals surface area contributed by atoms with Crippen molar-refractivity contribution in [2.45, 2.75) is 18.2 Å². The maximum absolute atomic E-state index is 12.7. The highest BCUT2D eigenvalue weighted by Crippen LogP contribution is 2.18. The number of sulfonamides is 1. The Morgan fingerprint density at radius 2 is 1.59 bits per heavy atom. The maximum atomic E-state index is 12.7. The van der Waals surface area contributed by atoms with Crippen molar-refractivity contribution in [3.8, 4) is 0 Å². The Labute approximate surface area is 168 Å². The van der Waals surface area contributed by atoms with Crippen molar-refractivity contribution in [1.29, 1.82) is 0 Å². The van der Waals surface area contributed by atoms with Gasteiger partial charge in [-0.1, -0.05) is 17.7 Å². The average Bonchev–Trinajstić information content (AvgIpc) is 2.67. The van der Waals surface area contributed by atoms with Gasteiger partial charge in [-0.25, -0.2) is 8.42 Å². The quantitative estimate of drug-likeness (QED) is 0.758. The van der Waals surface area contributed by atoms with Gasteiger partial charge in [0.05, 0.1) is 4.90 Å². The average molecular weight is 417 g/mol. The molecule has 0 aliphatic carbocycles. The molecule has 2 aliphatic heterocycles. The summed E-state index contributed by atoms with van der Waals surface area (Å²) < 4.78 is 27.0. The van der Waals surface area contributed by atoms with E-state index < -0.39 is 10.0 Å². The highest BCUT2D eigenvalue weighted by Gasteiger charge is 2.28. The maximum Gasteiger partial charge on any atom is 0.243 e. The van der Waals surface area contributed by atoms with Crippen molar-refractivity contribution in [3.63, 3.8) is 0 Å². The molecule has 0 radical (unpaired) electrons. The van der Waals surface area contributed by atoms with Gasteiger partial charge >= 0.3 is 0 Å². The molecule has 2 fully saturated rings. The number of hydrogen-bond acceptors (Lipinski definition) is 5. The summed E-state index contributed by atoms with van der Waals surface area (Å²) in [5, 5.41) is 3.24. The highest BCUT2D eigenvalue weighted by molar-refractivity contribution is 7.89. The van der Waals surface area contributed by atoms with Crippen LogP contribution in [-0.4, -0.2) is 87.3 Å². The number of nitrogens with zero attached hydrogens (tertiary/aromatic N) is 3. The number of nitrogens with one attached hydrogen (secondary N) is 1. The van der Waals surface area contributed by atoms with Crippen LogP contribution in [0.2, 0.25) is 0 Å². The van der Waals surface area contributed by atoms with E-state index in [2.05, 4.69) is 10.2 Å². The van der Waals surface area contributed by atoms with E-state index in [9.17, 15) is 13.2 Å². The second-order valence-corrected chi connectivity index (χ2v) is 8.88. The number of carbonyl (C=O) groups excluding carboxylic acids is 1. The summed E-state index contributed by atoms with van der Waals surface area (Å²) in [5.74, 6) is 0.196. The summed E-state index contributed by atoms with van der Waals surface area (Å²) in [6.07, 6.45) is 0.505. The molecule has 0 unspecified atom stereocenters. The molecule has 1 N–H and O–H groups in total. The van der Waals surface area contributed by atoms with E-state index >= 15 is 0 Å². The lowest BCUT2D eigenvalue weighted by Crippen LogP contribution is -2.50. The van der Waals surface area contributed by atoms with E-state index in [0.29, 0.717) is 44.0 Å². The van der Waals surface area contributed by atoms with Gasteiger partial charge in [-0.05, 0) is 19.1 Å². The van der Waals surface area contributed by atoms with E-state index in [4.69, 9.17) is 0 Å². The molecule has 0 bridgehead atoms. The van der Waals surface area contributed by atoms with E-state index in [-0.39, 0.29) is 18.3 Å². The summed E-state index contributed by atoms with van der Waals surface area (Å²) in [6.45, 7) is 8.19. The fourth-order valence-corrected chi connectivity index (χ4v) is 4.80. The minimum absolute atomic E-state index is 0. The second-order valence-electron chi connectivity index (χ2n) is 6.94. The van der Waals surface area contributed by atoms with E-state index in [1.165, 1.54) is 0 Å². The molecule has 2 heterocycles. The van der Waals surface area contributed by atoms with Gasteiger partial charge in [0.1, 0.15) is 0 Å². The largest absolute Gasteiger partial charge is 0.340 e. The molecule has 0 aromatic heterocycles. The molecule has 2 saturated heterocycles. The van der Waals surface area contributed by atoms with Crippen LogP contribution >= 0.6 is 12.4 Å². The molecule has 7 nitrogen and oxygen atoms in total. The SMILES string of the molecule is Cc1ccc(S(=O)(=O)N2CCN(CCC(=O)N3CCNCC3)CC2)cc1.Cl. The third-order valence-electron chi connectivity index (χ3n) is 5.10. The van der Waals surface area contributed by atoms with E-state index in [0.717, 1.165) is 31.7 Å². The number of aryl methyl sites for hydroxylation is 1. The zero-order chi connectivity index (χ0) is 18.6. The van der Waals surface area contributed by atoms with Gasteiger partial charge in [-0.2, -0.15) is 4.31 Å². The van der Waals surface area contributed by atoms with Crippen LogP contribution in [0.4, 0.5) is 0 Å². The number of amides is 1. The number of halogens is 1. The monoisotopic (exact) mass is 416 g/mol. The topological polar surface area (TPSA) is 73.0 Å². The zero-order valence-corrected chi connectivity index (χ0v) is 17.4. The zero-order valence-electron chi connectivity index (χ0n) is 15.8. The van der Waals surface area contributed by atoms with Crippen LogP contribution in [0.15, 0.2) is 29.2 Å². The van der Waals surface area contributed by atoms with Gasteiger partial charge in [0.25, 0.3) is 0 Å². The van der Waals surface area contributed by atoms with Gasteiger partial charge in [0, 0.05) is 65.3 Å². The number of benzene rings is 1. The summed E-state index contributed by atoms with van der Waals surface area (Å²) in [4.78, 5) is 16.7. The fourth-order valence-electron chi connectivity index (χ4n) is 3.38. The van der Waals surface area contributed by atoms with Gasteiger partial charge < -0.3 is 15.1 Å². The van der Waals surface area contributed by atoms with Gasteiger partial charge in [0.15, 0.2) is 0 Å². The Morgan fingerprint density at radius 3 is 2.19 bits per heavy atom. The van der Waals surface area contributed by atoms with Crippen molar-refractivity contribution in [1.82, 2.24) is 19.4 Å². The molecule has 27 heavy (non-hydrogen) atoms. The molecule has 1 aromatic rings. The van der Waals surface area contributed by atoms with Crippen molar-refractivity contribution in [2.24, 2.45) is 0 Å². The van der Waals surface area contributed by atoms with Gasteiger partial charge in [0.2, 0.25) is 15.9 Å². The van der Waals surface area contributed by atoms with Gasteiger partial charge in [-0.15, -0.1) is 12.4 Å². The Bertz CT molecular complexity index is 713. The molecular formula is C18H29ClN4O3S. The first kappa shape index (κ1) is 22.1. The standard InChI is InChI=1S/C18H28N4O3S.ClH/c1-16-2-4-17(5-3-16)26(24,25)22-14-12-20(13-15-22)9-6-18(23)21-10-7-19-8-11-21;/h2-5,19H,6-15H2,1H3;1H. The van der Waals surface area contributed by atoms with Crippen LogP contribution in [0, 0.1) is 6.92 Å². The van der Waals surface area contributed by atoms with Crippen LogP contribution in [0.25, 0.3) is 0 Å². The molecule has 3 rings (SSSR count). The first-order valence-corrected chi connectivity index (χ1v) is 10.7. The minimum atomic E-state index is -3.43. The number of piperazine rings is 2. The Hall–Kier alpha value is -1.19. The molecular weight excluding hydrogens is 388 g/mol. The van der Waals surface area contributed by atoms with Crippen LogP contribution < -0.4 is 5.32 Å². The summed E-state index contributed by atoms with van der Waals surface area (Å²) in [5.41, 5.74) is 1.04. The van der Waals surface area contributed by atoms with Crippen molar-refractivity contribution >= 4 is 28.3 Å². The molecule has 9 heteroatoms. The predicted octanol–water partition coefficient (Wildman–Crippen LogP) is 0.545. The van der Waals surface area contributed by atoms with E-state index in [1.54, 1.807) is 16.4 Å². The summed E-state index contributed by atoms with van der Waals surface area (Å²) in [6, 6.07) is 6.99. The Balaban J connectivity index is 0.00000261. The Kier molecular flexibility index (Phi) is 8.05. The minimum Gasteiger partial charge on any atom is -0.340 e. The van der Waals surface area contributed by atoms with E-state index in [1.807, 2.05) is 24.0 Å².